The molecule has 23 heavy (non-hydrogen) atoms. The number of hydrogen-bond donors (Lipinski definition) is 0. The van der Waals surface area contributed by atoms with Crippen LogP contribution in [0.1, 0.15) is 13.3 Å². The van der Waals surface area contributed by atoms with Gasteiger partial charge in [0.1, 0.15) is 6.10 Å². The van der Waals surface area contributed by atoms with Gasteiger partial charge in [0.15, 0.2) is 0 Å². The van der Waals surface area contributed by atoms with E-state index in [4.69, 9.17) is 33.2 Å². The summed E-state index contributed by atoms with van der Waals surface area (Å²) in [4.78, 5) is 0. The van der Waals surface area contributed by atoms with Crippen LogP contribution in [0.15, 0.2) is 0 Å². The quantitative estimate of drug-likeness (QED) is 0.691. The first-order chi connectivity index (χ1) is 11.3. The van der Waals surface area contributed by atoms with Crippen LogP contribution in [0.2, 0.25) is 0 Å². The number of rotatable bonds is 5. The van der Waals surface area contributed by atoms with Crippen LogP contribution in [0.25, 0.3) is 0 Å². The molecule has 2 atom stereocenters. The lowest BCUT2D eigenvalue weighted by atomic mass is 10.3. The fourth-order valence-corrected chi connectivity index (χ4v) is 1.92. The van der Waals surface area contributed by atoms with E-state index in [-0.39, 0.29) is 12.2 Å². The minimum atomic E-state index is -0.108. The third-order valence-electron chi connectivity index (χ3n) is 3.30. The Morgan fingerprint density at radius 3 is 2.17 bits per heavy atom. The van der Waals surface area contributed by atoms with Gasteiger partial charge in [-0.2, -0.15) is 0 Å². The number of hydrogen-bond acceptors (Lipinski definition) is 7. The van der Waals surface area contributed by atoms with Gasteiger partial charge in [0, 0.05) is 13.7 Å². The Morgan fingerprint density at radius 1 is 0.826 bits per heavy atom. The van der Waals surface area contributed by atoms with E-state index in [9.17, 15) is 0 Å². The molecule has 0 aromatic rings. The SMILES string of the molecule is COCCOCC1COC(C)CCOCCOCCOCCO1. The van der Waals surface area contributed by atoms with Crippen molar-refractivity contribution in [2.75, 3.05) is 79.8 Å². The normalized spacial score (nSPS) is 26.9. The average Bonchev–Trinajstić information content (AvgIpc) is 2.55. The van der Waals surface area contributed by atoms with E-state index < -0.39 is 0 Å². The fraction of sp³-hybridized carbons (Fsp3) is 1.00. The smallest absolute Gasteiger partial charge is 0.104 e. The topological polar surface area (TPSA) is 64.6 Å². The standard InChI is InChI=1S/C16H32O7/c1-15-3-4-18-7-8-19-9-10-20-11-12-22-16(14-23-15)13-21-6-5-17-2/h15-16H,3-14H2,1-2H3. The molecule has 1 aliphatic rings. The Labute approximate surface area is 139 Å². The molecular formula is C16H32O7. The lowest BCUT2D eigenvalue weighted by Crippen LogP contribution is -2.30. The van der Waals surface area contributed by atoms with Crippen molar-refractivity contribution in [1.29, 1.82) is 0 Å². The van der Waals surface area contributed by atoms with Crippen molar-refractivity contribution in [3.63, 3.8) is 0 Å². The highest BCUT2D eigenvalue weighted by molar-refractivity contribution is 4.59. The summed E-state index contributed by atoms with van der Waals surface area (Å²) in [7, 11) is 1.65. The summed E-state index contributed by atoms with van der Waals surface area (Å²) in [5.41, 5.74) is 0. The third kappa shape index (κ3) is 12.8. The Hall–Kier alpha value is -0.280. The highest BCUT2D eigenvalue weighted by Gasteiger charge is 2.13. The van der Waals surface area contributed by atoms with Crippen molar-refractivity contribution in [3.8, 4) is 0 Å². The first kappa shape index (κ1) is 20.8. The molecule has 0 bridgehead atoms. The maximum atomic E-state index is 5.82. The molecule has 1 aliphatic heterocycles. The molecule has 0 aromatic carbocycles. The molecule has 0 N–H and O–H groups in total. The molecule has 138 valence electrons. The molecule has 1 heterocycles. The maximum absolute atomic E-state index is 5.82. The molecule has 7 nitrogen and oxygen atoms in total. The molecule has 2 unspecified atom stereocenters. The van der Waals surface area contributed by atoms with Crippen LogP contribution in [0.4, 0.5) is 0 Å². The molecule has 0 aliphatic carbocycles. The van der Waals surface area contributed by atoms with E-state index in [0.29, 0.717) is 72.7 Å². The predicted octanol–water partition coefficient (Wildman–Crippen LogP) is 0.893. The van der Waals surface area contributed by atoms with Gasteiger partial charge in [-0.15, -0.1) is 0 Å². The van der Waals surface area contributed by atoms with Crippen molar-refractivity contribution in [2.24, 2.45) is 0 Å². The lowest BCUT2D eigenvalue weighted by molar-refractivity contribution is -0.0955. The summed E-state index contributed by atoms with van der Waals surface area (Å²) in [5, 5.41) is 0. The van der Waals surface area contributed by atoms with Crippen LogP contribution in [0.3, 0.4) is 0 Å². The fourth-order valence-electron chi connectivity index (χ4n) is 1.92. The first-order valence-corrected chi connectivity index (χ1v) is 8.36. The highest BCUT2D eigenvalue weighted by Crippen LogP contribution is 2.03. The van der Waals surface area contributed by atoms with Crippen molar-refractivity contribution in [3.05, 3.63) is 0 Å². The second kappa shape index (κ2) is 15.3. The van der Waals surface area contributed by atoms with Crippen LogP contribution in [-0.4, -0.2) is 92.0 Å². The van der Waals surface area contributed by atoms with E-state index in [1.807, 2.05) is 6.92 Å². The van der Waals surface area contributed by atoms with Crippen LogP contribution >= 0.6 is 0 Å². The van der Waals surface area contributed by atoms with Crippen LogP contribution in [-0.2, 0) is 33.2 Å². The second-order valence-electron chi connectivity index (χ2n) is 5.33. The Bertz CT molecular complexity index is 253. The third-order valence-corrected chi connectivity index (χ3v) is 3.30. The number of ether oxygens (including phenoxy) is 7. The molecule has 0 amide bonds. The van der Waals surface area contributed by atoms with Gasteiger partial charge in [0.25, 0.3) is 0 Å². The molecule has 0 aromatic heterocycles. The predicted molar refractivity (Wildman–Crippen MR) is 84.9 cm³/mol. The van der Waals surface area contributed by atoms with Crippen molar-refractivity contribution < 1.29 is 33.2 Å². The summed E-state index contributed by atoms with van der Waals surface area (Å²) >= 11 is 0. The summed E-state index contributed by atoms with van der Waals surface area (Å²) in [6, 6.07) is 0. The van der Waals surface area contributed by atoms with Gasteiger partial charge in [0.05, 0.1) is 72.2 Å². The van der Waals surface area contributed by atoms with Crippen molar-refractivity contribution in [2.45, 2.75) is 25.6 Å². The maximum Gasteiger partial charge on any atom is 0.104 e. The van der Waals surface area contributed by atoms with Crippen LogP contribution < -0.4 is 0 Å². The minimum Gasteiger partial charge on any atom is -0.382 e. The van der Waals surface area contributed by atoms with E-state index in [0.717, 1.165) is 6.42 Å². The van der Waals surface area contributed by atoms with Gasteiger partial charge in [-0.1, -0.05) is 0 Å². The molecule has 0 radical (unpaired) electrons. The summed E-state index contributed by atoms with van der Waals surface area (Å²) in [6.45, 7) is 8.18. The number of methoxy groups -OCH3 is 1. The van der Waals surface area contributed by atoms with E-state index in [1.54, 1.807) is 7.11 Å². The van der Waals surface area contributed by atoms with Gasteiger partial charge in [0.2, 0.25) is 0 Å². The molecule has 0 saturated carbocycles. The first-order valence-electron chi connectivity index (χ1n) is 8.36. The van der Waals surface area contributed by atoms with Crippen molar-refractivity contribution >= 4 is 0 Å². The second-order valence-corrected chi connectivity index (χ2v) is 5.33. The summed E-state index contributed by atoms with van der Waals surface area (Å²) in [6.07, 6.45) is 0.855. The summed E-state index contributed by atoms with van der Waals surface area (Å²) < 4.78 is 38.5. The van der Waals surface area contributed by atoms with E-state index >= 15 is 0 Å². The lowest BCUT2D eigenvalue weighted by Gasteiger charge is -2.21. The molecular weight excluding hydrogens is 304 g/mol. The highest BCUT2D eigenvalue weighted by atomic mass is 16.6. The van der Waals surface area contributed by atoms with Gasteiger partial charge >= 0.3 is 0 Å². The Kier molecular flexibility index (Phi) is 13.8. The largest absolute Gasteiger partial charge is 0.382 e. The molecule has 7 heteroatoms. The Morgan fingerprint density at radius 2 is 1.48 bits per heavy atom. The van der Waals surface area contributed by atoms with Gasteiger partial charge in [-0.3, -0.25) is 0 Å². The van der Waals surface area contributed by atoms with Crippen molar-refractivity contribution in [1.82, 2.24) is 0 Å². The summed E-state index contributed by atoms with van der Waals surface area (Å²) in [5.74, 6) is 0. The zero-order chi connectivity index (χ0) is 16.6. The molecule has 0 spiro atoms. The minimum absolute atomic E-state index is 0.108. The average molecular weight is 336 g/mol. The van der Waals surface area contributed by atoms with Crippen LogP contribution in [0.5, 0.6) is 0 Å². The van der Waals surface area contributed by atoms with E-state index in [2.05, 4.69) is 0 Å². The van der Waals surface area contributed by atoms with Gasteiger partial charge < -0.3 is 33.2 Å². The Balaban J connectivity index is 2.29. The molecule has 1 rings (SSSR count). The zero-order valence-corrected chi connectivity index (χ0v) is 14.5. The molecule has 1 fully saturated rings. The zero-order valence-electron chi connectivity index (χ0n) is 14.5. The van der Waals surface area contributed by atoms with Gasteiger partial charge in [-0.05, 0) is 13.3 Å². The monoisotopic (exact) mass is 336 g/mol. The van der Waals surface area contributed by atoms with Crippen LogP contribution in [0, 0.1) is 0 Å². The van der Waals surface area contributed by atoms with Gasteiger partial charge in [-0.25, -0.2) is 0 Å². The molecule has 1 saturated heterocycles. The van der Waals surface area contributed by atoms with E-state index in [1.165, 1.54) is 0 Å².